The molecule has 0 aromatic rings. The summed E-state index contributed by atoms with van der Waals surface area (Å²) < 4.78 is 0. The Bertz CT molecular complexity index is 101. The number of nitrogens with zero attached hydrogens (tertiary/aromatic N) is 1. The van der Waals surface area contributed by atoms with Crippen LogP contribution >= 0.6 is 0 Å². The van der Waals surface area contributed by atoms with Crippen LogP contribution in [-0.4, -0.2) is 24.0 Å². The molecule has 11 heavy (non-hydrogen) atoms. The van der Waals surface area contributed by atoms with Gasteiger partial charge in [0.15, 0.2) is 0 Å². The van der Waals surface area contributed by atoms with Crippen LogP contribution in [0.1, 0.15) is 46.0 Å². The maximum absolute atomic E-state index is 2.65. The molecular weight excluding hydrogens is 134 g/mol. The fourth-order valence-corrected chi connectivity index (χ4v) is 1.85. The van der Waals surface area contributed by atoms with Gasteiger partial charge in [-0.25, -0.2) is 0 Å². The highest BCUT2D eigenvalue weighted by Crippen LogP contribution is 2.16. The Morgan fingerprint density at radius 1 is 1.36 bits per heavy atom. The molecule has 1 saturated heterocycles. The molecule has 1 aliphatic rings. The van der Waals surface area contributed by atoms with Gasteiger partial charge in [-0.15, -0.1) is 0 Å². The largest absolute Gasteiger partial charge is 0.301 e. The van der Waals surface area contributed by atoms with Gasteiger partial charge in [0.1, 0.15) is 0 Å². The lowest BCUT2D eigenvalue weighted by Gasteiger charge is -2.33. The number of likely N-dealkylation sites (tertiary alicyclic amines) is 1. The van der Waals surface area contributed by atoms with E-state index in [-0.39, 0.29) is 0 Å². The number of piperidine rings is 1. The summed E-state index contributed by atoms with van der Waals surface area (Å²) in [7, 11) is 0. The van der Waals surface area contributed by atoms with Crippen molar-refractivity contribution >= 4 is 0 Å². The van der Waals surface area contributed by atoms with E-state index in [4.69, 9.17) is 0 Å². The van der Waals surface area contributed by atoms with Gasteiger partial charge in [-0.1, -0.05) is 19.8 Å². The number of unbranched alkanes of at least 4 members (excludes halogenated alkanes) is 1. The topological polar surface area (TPSA) is 3.24 Å². The lowest BCUT2D eigenvalue weighted by atomic mass is 10.0. The molecule has 0 saturated carbocycles. The zero-order chi connectivity index (χ0) is 8.10. The summed E-state index contributed by atoms with van der Waals surface area (Å²) in [5, 5.41) is 0. The van der Waals surface area contributed by atoms with Gasteiger partial charge >= 0.3 is 0 Å². The highest BCUT2D eigenvalue weighted by atomic mass is 15.1. The lowest BCUT2D eigenvalue weighted by Crippen LogP contribution is -2.37. The molecule has 1 atom stereocenters. The van der Waals surface area contributed by atoms with Crippen molar-refractivity contribution in [2.24, 2.45) is 0 Å². The van der Waals surface area contributed by atoms with E-state index in [0.29, 0.717) is 0 Å². The molecule has 1 nitrogen and oxygen atoms in total. The quantitative estimate of drug-likeness (QED) is 0.605. The van der Waals surface area contributed by atoms with E-state index in [1.54, 1.807) is 0 Å². The van der Waals surface area contributed by atoms with Crippen molar-refractivity contribution in [3.8, 4) is 0 Å². The predicted octanol–water partition coefficient (Wildman–Crippen LogP) is 2.66. The molecule has 0 aromatic heterocycles. The molecule has 1 heterocycles. The lowest BCUT2D eigenvalue weighted by molar-refractivity contribution is 0.158. The van der Waals surface area contributed by atoms with Crippen molar-refractivity contribution < 1.29 is 0 Å². The smallest absolute Gasteiger partial charge is 0.00669 e. The Balaban J connectivity index is 2.18. The Morgan fingerprint density at radius 2 is 2.18 bits per heavy atom. The molecule has 0 N–H and O–H groups in total. The van der Waals surface area contributed by atoms with Crippen LogP contribution in [0, 0.1) is 0 Å². The highest BCUT2D eigenvalue weighted by molar-refractivity contribution is 4.72. The zero-order valence-corrected chi connectivity index (χ0v) is 7.97. The van der Waals surface area contributed by atoms with Gasteiger partial charge in [0.2, 0.25) is 0 Å². The van der Waals surface area contributed by atoms with E-state index in [2.05, 4.69) is 18.7 Å². The normalized spacial score (nSPS) is 27.3. The molecule has 1 fully saturated rings. The van der Waals surface area contributed by atoms with Gasteiger partial charge in [0.25, 0.3) is 0 Å². The Kier molecular flexibility index (Phi) is 3.92. The van der Waals surface area contributed by atoms with Gasteiger partial charge in [-0.2, -0.15) is 0 Å². The highest BCUT2D eigenvalue weighted by Gasteiger charge is 2.16. The van der Waals surface area contributed by atoms with Crippen LogP contribution in [-0.2, 0) is 0 Å². The Hall–Kier alpha value is -0.0400. The maximum Gasteiger partial charge on any atom is 0.00669 e. The molecule has 1 rings (SSSR count). The van der Waals surface area contributed by atoms with Crippen molar-refractivity contribution in [2.45, 2.75) is 52.0 Å². The molecular formula is C10H21N. The first kappa shape index (κ1) is 9.05. The first-order chi connectivity index (χ1) is 5.34. The van der Waals surface area contributed by atoms with Crippen LogP contribution in [0.4, 0.5) is 0 Å². The number of hydrogen-bond donors (Lipinski definition) is 0. The SMILES string of the molecule is CCCCN1CCCC[C@@H]1C. The van der Waals surface area contributed by atoms with Crippen LogP contribution < -0.4 is 0 Å². The van der Waals surface area contributed by atoms with Crippen LogP contribution in [0.15, 0.2) is 0 Å². The Labute approximate surface area is 70.8 Å². The van der Waals surface area contributed by atoms with Gasteiger partial charge in [0.05, 0.1) is 0 Å². The van der Waals surface area contributed by atoms with E-state index in [9.17, 15) is 0 Å². The molecule has 1 aliphatic heterocycles. The minimum atomic E-state index is 0.857. The van der Waals surface area contributed by atoms with E-state index < -0.39 is 0 Å². The molecule has 0 radical (unpaired) electrons. The average molecular weight is 155 g/mol. The van der Waals surface area contributed by atoms with E-state index >= 15 is 0 Å². The minimum Gasteiger partial charge on any atom is -0.301 e. The van der Waals surface area contributed by atoms with Crippen LogP contribution in [0.25, 0.3) is 0 Å². The number of rotatable bonds is 3. The van der Waals surface area contributed by atoms with Crippen molar-refractivity contribution in [1.29, 1.82) is 0 Å². The van der Waals surface area contributed by atoms with Crippen molar-refractivity contribution in [1.82, 2.24) is 4.90 Å². The van der Waals surface area contributed by atoms with Crippen LogP contribution in [0.2, 0.25) is 0 Å². The second-order valence-corrected chi connectivity index (χ2v) is 3.73. The first-order valence-corrected chi connectivity index (χ1v) is 5.08. The first-order valence-electron chi connectivity index (χ1n) is 5.08. The van der Waals surface area contributed by atoms with Gasteiger partial charge in [-0.05, 0) is 39.3 Å². The summed E-state index contributed by atoms with van der Waals surface area (Å²) in [6.45, 7) is 7.32. The Morgan fingerprint density at radius 3 is 2.82 bits per heavy atom. The fraction of sp³-hybridized carbons (Fsp3) is 1.00. The summed E-state index contributed by atoms with van der Waals surface area (Å²) in [6, 6.07) is 0.857. The third-order valence-corrected chi connectivity index (χ3v) is 2.74. The summed E-state index contributed by atoms with van der Waals surface area (Å²) in [5.41, 5.74) is 0. The van der Waals surface area contributed by atoms with Crippen molar-refractivity contribution in [3.63, 3.8) is 0 Å². The summed E-state index contributed by atoms with van der Waals surface area (Å²) in [6.07, 6.45) is 7.01. The monoisotopic (exact) mass is 155 g/mol. The van der Waals surface area contributed by atoms with Gasteiger partial charge in [-0.3, -0.25) is 0 Å². The predicted molar refractivity (Wildman–Crippen MR) is 49.8 cm³/mol. The van der Waals surface area contributed by atoms with E-state index in [1.165, 1.54) is 45.2 Å². The maximum atomic E-state index is 2.65. The van der Waals surface area contributed by atoms with Gasteiger partial charge in [0, 0.05) is 6.04 Å². The third-order valence-electron chi connectivity index (χ3n) is 2.74. The van der Waals surface area contributed by atoms with Crippen LogP contribution in [0.5, 0.6) is 0 Å². The second kappa shape index (κ2) is 4.76. The molecule has 0 aromatic carbocycles. The molecule has 0 bridgehead atoms. The molecule has 0 amide bonds. The zero-order valence-electron chi connectivity index (χ0n) is 7.97. The summed E-state index contributed by atoms with van der Waals surface area (Å²) >= 11 is 0. The standard InChI is InChI=1S/C10H21N/c1-3-4-8-11-9-6-5-7-10(11)2/h10H,3-9H2,1-2H3/t10-/m0/s1. The summed E-state index contributed by atoms with van der Waals surface area (Å²) in [4.78, 5) is 2.65. The van der Waals surface area contributed by atoms with Gasteiger partial charge < -0.3 is 4.90 Å². The minimum absolute atomic E-state index is 0.857. The molecule has 1 heteroatoms. The molecule has 66 valence electrons. The molecule has 0 spiro atoms. The summed E-state index contributed by atoms with van der Waals surface area (Å²) in [5.74, 6) is 0. The second-order valence-electron chi connectivity index (χ2n) is 3.73. The fourth-order valence-electron chi connectivity index (χ4n) is 1.85. The third kappa shape index (κ3) is 2.82. The molecule has 0 aliphatic carbocycles. The van der Waals surface area contributed by atoms with E-state index in [0.717, 1.165) is 6.04 Å². The number of hydrogen-bond acceptors (Lipinski definition) is 1. The average Bonchev–Trinajstić information content (AvgIpc) is 2.03. The van der Waals surface area contributed by atoms with E-state index in [1.807, 2.05) is 0 Å². The molecule has 0 unspecified atom stereocenters. The van der Waals surface area contributed by atoms with Crippen molar-refractivity contribution in [3.05, 3.63) is 0 Å². The van der Waals surface area contributed by atoms with Crippen molar-refractivity contribution in [2.75, 3.05) is 13.1 Å². The van der Waals surface area contributed by atoms with Crippen LogP contribution in [0.3, 0.4) is 0 Å².